The summed E-state index contributed by atoms with van der Waals surface area (Å²) in [5, 5.41) is 3.70. The molecule has 8 nitrogen and oxygen atoms in total. The van der Waals surface area contributed by atoms with Gasteiger partial charge < -0.3 is 9.26 Å². The number of benzene rings is 2. The molecule has 34 heavy (non-hydrogen) atoms. The average molecular weight is 474 g/mol. The summed E-state index contributed by atoms with van der Waals surface area (Å²) in [6, 6.07) is 11.8. The number of carbonyl (C=O) groups is 1. The van der Waals surface area contributed by atoms with Gasteiger partial charge in [-0.25, -0.2) is 4.79 Å². The molecule has 0 aliphatic heterocycles. The normalized spacial score (nSPS) is 12.7. The van der Waals surface area contributed by atoms with E-state index in [1.807, 2.05) is 31.2 Å². The number of halogens is 3. The fourth-order valence-electron chi connectivity index (χ4n) is 3.66. The summed E-state index contributed by atoms with van der Waals surface area (Å²) in [7, 11) is 0. The zero-order valence-electron chi connectivity index (χ0n) is 18.4. The largest absolute Gasteiger partial charge is 0.452 e. The number of para-hydroxylation sites is 2. The molecular formula is C23H21F3N4O4. The van der Waals surface area contributed by atoms with Gasteiger partial charge in [0.1, 0.15) is 0 Å². The number of alkyl halides is 3. The van der Waals surface area contributed by atoms with Crippen LogP contribution < -0.4 is 5.69 Å². The van der Waals surface area contributed by atoms with Crippen LogP contribution in [0.15, 0.2) is 57.8 Å². The van der Waals surface area contributed by atoms with Crippen molar-refractivity contribution in [3.63, 3.8) is 0 Å². The summed E-state index contributed by atoms with van der Waals surface area (Å²) in [5.41, 5.74) is 0.570. The first-order chi connectivity index (χ1) is 16.2. The maximum absolute atomic E-state index is 12.9. The van der Waals surface area contributed by atoms with Gasteiger partial charge in [-0.15, -0.1) is 0 Å². The van der Waals surface area contributed by atoms with Gasteiger partial charge in [0.05, 0.1) is 23.0 Å². The van der Waals surface area contributed by atoms with Gasteiger partial charge in [-0.05, 0) is 38.1 Å². The van der Waals surface area contributed by atoms with E-state index in [1.165, 1.54) is 23.6 Å². The van der Waals surface area contributed by atoms with Crippen molar-refractivity contribution >= 4 is 17.0 Å². The lowest BCUT2D eigenvalue weighted by Crippen LogP contribution is -2.25. The van der Waals surface area contributed by atoms with E-state index in [2.05, 4.69) is 10.1 Å². The Bertz CT molecular complexity index is 1390. The second kappa shape index (κ2) is 9.16. The van der Waals surface area contributed by atoms with Gasteiger partial charge in [0.15, 0.2) is 6.10 Å². The third-order valence-corrected chi connectivity index (χ3v) is 5.33. The molecule has 0 bridgehead atoms. The predicted molar refractivity (Wildman–Crippen MR) is 116 cm³/mol. The fourth-order valence-corrected chi connectivity index (χ4v) is 3.66. The Morgan fingerprint density at radius 1 is 1.12 bits per heavy atom. The Labute approximate surface area is 191 Å². The summed E-state index contributed by atoms with van der Waals surface area (Å²) in [6.45, 7) is 4.00. The van der Waals surface area contributed by atoms with Crippen LogP contribution in [0.25, 0.3) is 22.4 Å². The van der Waals surface area contributed by atoms with E-state index in [9.17, 15) is 22.8 Å². The first kappa shape index (κ1) is 23.3. The molecule has 178 valence electrons. The summed E-state index contributed by atoms with van der Waals surface area (Å²) in [5.74, 6) is -0.699. The lowest BCUT2D eigenvalue weighted by atomic mass is 10.1. The lowest BCUT2D eigenvalue weighted by Gasteiger charge is -2.09. The van der Waals surface area contributed by atoms with Gasteiger partial charge in [-0.3, -0.25) is 13.9 Å². The SMILES string of the molecule is CCn1c(=O)n(CCC(=O)OC(C)c2nc(-c3cccc(C(F)(F)F)c3)no2)c2ccccc21. The smallest absolute Gasteiger partial charge is 0.416 e. The van der Waals surface area contributed by atoms with Crippen LogP contribution in [0.1, 0.15) is 37.8 Å². The monoisotopic (exact) mass is 474 g/mol. The van der Waals surface area contributed by atoms with Gasteiger partial charge in [0, 0.05) is 18.7 Å². The van der Waals surface area contributed by atoms with Crippen molar-refractivity contribution in [1.82, 2.24) is 19.3 Å². The summed E-state index contributed by atoms with van der Waals surface area (Å²) in [4.78, 5) is 29.1. The quantitative estimate of drug-likeness (QED) is 0.364. The molecule has 0 amide bonds. The molecule has 1 unspecified atom stereocenters. The molecule has 0 N–H and O–H groups in total. The number of aryl methyl sites for hydroxylation is 2. The van der Waals surface area contributed by atoms with Crippen molar-refractivity contribution in [2.24, 2.45) is 0 Å². The molecule has 4 rings (SSSR count). The number of esters is 1. The zero-order valence-corrected chi connectivity index (χ0v) is 18.4. The third-order valence-electron chi connectivity index (χ3n) is 5.33. The number of hydrogen-bond donors (Lipinski definition) is 0. The van der Waals surface area contributed by atoms with Gasteiger partial charge in [-0.2, -0.15) is 18.2 Å². The molecule has 0 aliphatic carbocycles. The van der Waals surface area contributed by atoms with Crippen LogP contribution >= 0.6 is 0 Å². The lowest BCUT2D eigenvalue weighted by molar-refractivity contribution is -0.150. The molecule has 0 spiro atoms. The van der Waals surface area contributed by atoms with E-state index in [0.717, 1.165) is 23.2 Å². The highest BCUT2D eigenvalue weighted by Crippen LogP contribution is 2.31. The second-order valence-electron chi connectivity index (χ2n) is 7.58. The van der Waals surface area contributed by atoms with Crippen molar-refractivity contribution in [3.8, 4) is 11.4 Å². The van der Waals surface area contributed by atoms with Crippen LogP contribution in [0.3, 0.4) is 0 Å². The highest BCUT2D eigenvalue weighted by atomic mass is 19.4. The average Bonchev–Trinajstić information content (AvgIpc) is 3.40. The predicted octanol–water partition coefficient (Wildman–Crippen LogP) is 4.59. The number of fused-ring (bicyclic) bond motifs is 1. The molecule has 2 aromatic heterocycles. The summed E-state index contributed by atoms with van der Waals surface area (Å²) >= 11 is 0. The highest BCUT2D eigenvalue weighted by molar-refractivity contribution is 5.76. The number of ether oxygens (including phenoxy) is 1. The van der Waals surface area contributed by atoms with E-state index in [1.54, 1.807) is 4.57 Å². The molecule has 0 aliphatic rings. The molecule has 11 heteroatoms. The van der Waals surface area contributed by atoms with Crippen molar-refractivity contribution in [1.29, 1.82) is 0 Å². The van der Waals surface area contributed by atoms with Crippen molar-refractivity contribution in [2.75, 3.05) is 0 Å². The molecule has 1 atom stereocenters. The molecule has 0 fully saturated rings. The van der Waals surface area contributed by atoms with Crippen LogP contribution in [0.5, 0.6) is 0 Å². The molecule has 0 radical (unpaired) electrons. The first-order valence-corrected chi connectivity index (χ1v) is 10.6. The molecular weight excluding hydrogens is 453 g/mol. The molecule has 2 heterocycles. The molecule has 0 saturated heterocycles. The van der Waals surface area contributed by atoms with E-state index in [0.29, 0.717) is 6.54 Å². The van der Waals surface area contributed by atoms with Crippen LogP contribution in [0.4, 0.5) is 13.2 Å². The molecule has 4 aromatic rings. The van der Waals surface area contributed by atoms with Gasteiger partial charge >= 0.3 is 17.8 Å². The number of carbonyl (C=O) groups excluding carboxylic acids is 1. The van der Waals surface area contributed by atoms with Crippen molar-refractivity contribution in [3.05, 3.63) is 70.5 Å². The van der Waals surface area contributed by atoms with Gasteiger partial charge in [0.25, 0.3) is 5.89 Å². The Balaban J connectivity index is 1.43. The minimum absolute atomic E-state index is 0.0528. The molecule has 2 aromatic carbocycles. The number of aromatic nitrogens is 4. The Hall–Kier alpha value is -3.89. The number of hydrogen-bond acceptors (Lipinski definition) is 6. The number of imidazole rings is 1. The maximum Gasteiger partial charge on any atom is 0.416 e. The topological polar surface area (TPSA) is 92.2 Å². The van der Waals surface area contributed by atoms with E-state index >= 15 is 0 Å². The second-order valence-corrected chi connectivity index (χ2v) is 7.58. The minimum atomic E-state index is -4.50. The van der Waals surface area contributed by atoms with Crippen molar-refractivity contribution < 1.29 is 27.2 Å². The zero-order chi connectivity index (χ0) is 24.5. The van der Waals surface area contributed by atoms with Gasteiger partial charge in [0.2, 0.25) is 5.82 Å². The fraction of sp³-hybridized carbons (Fsp3) is 0.304. The Kier molecular flexibility index (Phi) is 6.27. The van der Waals surface area contributed by atoms with Crippen molar-refractivity contribution in [2.45, 2.75) is 45.6 Å². The first-order valence-electron chi connectivity index (χ1n) is 10.6. The number of rotatable bonds is 7. The number of nitrogens with zero attached hydrogens (tertiary/aromatic N) is 4. The summed E-state index contributed by atoms with van der Waals surface area (Å²) < 4.78 is 52.4. The van der Waals surface area contributed by atoms with Crippen LogP contribution in [0, 0.1) is 0 Å². The molecule has 0 saturated carbocycles. The maximum atomic E-state index is 12.9. The van der Waals surface area contributed by atoms with Crippen LogP contribution in [-0.2, 0) is 28.8 Å². The Morgan fingerprint density at radius 3 is 2.50 bits per heavy atom. The van der Waals surface area contributed by atoms with Crippen LogP contribution in [0.2, 0.25) is 0 Å². The van der Waals surface area contributed by atoms with Gasteiger partial charge in [-0.1, -0.05) is 29.4 Å². The standard InChI is InChI=1S/C23H21F3N4O4/c1-3-29-17-9-4-5-10-18(17)30(22(29)32)12-11-19(31)33-14(2)21-27-20(28-34-21)15-7-6-8-16(13-15)23(24,25)26/h4-10,13-14H,3,11-12H2,1-2H3. The Morgan fingerprint density at radius 2 is 1.82 bits per heavy atom. The van der Waals surface area contributed by atoms with E-state index in [4.69, 9.17) is 9.26 Å². The van der Waals surface area contributed by atoms with Crippen LogP contribution in [-0.4, -0.2) is 25.2 Å². The van der Waals surface area contributed by atoms with E-state index in [-0.39, 0.29) is 35.9 Å². The third kappa shape index (κ3) is 4.59. The highest BCUT2D eigenvalue weighted by Gasteiger charge is 2.31. The summed E-state index contributed by atoms with van der Waals surface area (Å²) in [6.07, 6.45) is -5.50. The van der Waals surface area contributed by atoms with E-state index < -0.39 is 23.8 Å². The minimum Gasteiger partial charge on any atom is -0.452 e.